The summed E-state index contributed by atoms with van der Waals surface area (Å²) in [7, 11) is 1.65. The number of anilines is 1. The summed E-state index contributed by atoms with van der Waals surface area (Å²) in [6, 6.07) is 13.8. The Balaban J connectivity index is 1.40. The van der Waals surface area contributed by atoms with Gasteiger partial charge in [-0.25, -0.2) is 0 Å². The largest absolute Gasteiger partial charge is 0.497 e. The molecule has 1 N–H and O–H groups in total. The van der Waals surface area contributed by atoms with Crippen LogP contribution < -0.4 is 19.4 Å². The van der Waals surface area contributed by atoms with E-state index in [1.807, 2.05) is 36.4 Å². The number of benzene rings is 2. The van der Waals surface area contributed by atoms with Crippen molar-refractivity contribution in [2.75, 3.05) is 19.0 Å². The van der Waals surface area contributed by atoms with Crippen LogP contribution in [0.1, 0.15) is 100 Å². The zero-order chi connectivity index (χ0) is 28.4. The van der Waals surface area contributed by atoms with Crippen molar-refractivity contribution in [1.82, 2.24) is 0 Å². The molecule has 0 saturated heterocycles. The Labute approximate surface area is 245 Å². The number of nitrogens with one attached hydrogen (secondary N) is 1. The predicted octanol–water partition coefficient (Wildman–Crippen LogP) is 8.66. The lowest BCUT2D eigenvalue weighted by atomic mass is 10.1. The maximum Gasteiger partial charge on any atom is 0.234 e. The van der Waals surface area contributed by atoms with Gasteiger partial charge in [0.25, 0.3) is 0 Å². The molecule has 40 heavy (non-hydrogen) atoms. The summed E-state index contributed by atoms with van der Waals surface area (Å²) >= 11 is 1.73. The van der Waals surface area contributed by atoms with Crippen molar-refractivity contribution < 1.29 is 18.8 Å². The smallest absolute Gasteiger partial charge is 0.234 e. The average molecular weight is 566 g/mol. The van der Waals surface area contributed by atoms with Gasteiger partial charge in [-0.3, -0.25) is 4.79 Å². The van der Waals surface area contributed by atoms with Gasteiger partial charge < -0.3 is 14.8 Å². The van der Waals surface area contributed by atoms with Gasteiger partial charge in [-0.2, -0.15) is 4.57 Å². The van der Waals surface area contributed by atoms with Gasteiger partial charge >= 0.3 is 0 Å². The molecule has 0 aliphatic heterocycles. The number of hydrogen-bond acceptors (Lipinski definition) is 4. The Morgan fingerprint density at radius 3 is 2.25 bits per heavy atom. The summed E-state index contributed by atoms with van der Waals surface area (Å²) in [6.07, 6.45) is 18.1. The minimum atomic E-state index is -0.0584. The molecule has 0 aliphatic carbocycles. The van der Waals surface area contributed by atoms with E-state index in [-0.39, 0.29) is 12.3 Å². The van der Waals surface area contributed by atoms with Gasteiger partial charge in [0, 0.05) is 29.8 Å². The molecule has 218 valence electrons. The molecule has 1 aromatic heterocycles. The SMILES string of the molecule is CCCCCCCCCCCCCCOc1cc(OC)ccc1CC(=O)Nc1cccc(C[n+]2ccsc2C)c1. The Kier molecular flexibility index (Phi) is 14.6. The molecule has 3 rings (SSSR count). The molecular formula is C34H49N2O3S+. The van der Waals surface area contributed by atoms with Crippen LogP contribution in [0.3, 0.4) is 0 Å². The first-order chi connectivity index (χ1) is 19.6. The quantitative estimate of drug-likeness (QED) is 0.110. The first-order valence-electron chi connectivity index (χ1n) is 15.2. The summed E-state index contributed by atoms with van der Waals surface area (Å²) in [5.74, 6) is 1.41. The number of methoxy groups -OCH3 is 1. The first kappa shape index (κ1) is 31.7. The molecule has 1 heterocycles. The highest BCUT2D eigenvalue weighted by molar-refractivity contribution is 7.09. The fourth-order valence-electron chi connectivity index (χ4n) is 4.93. The second-order valence-electron chi connectivity index (χ2n) is 10.7. The van der Waals surface area contributed by atoms with Crippen molar-refractivity contribution in [3.05, 3.63) is 70.2 Å². The van der Waals surface area contributed by atoms with Gasteiger partial charge in [-0.05, 0) is 24.6 Å². The van der Waals surface area contributed by atoms with Gasteiger partial charge in [0.15, 0.2) is 12.7 Å². The normalized spacial score (nSPS) is 11.0. The van der Waals surface area contributed by atoms with Crippen LogP contribution in [0.4, 0.5) is 5.69 Å². The fourth-order valence-corrected chi connectivity index (χ4v) is 5.59. The molecule has 0 atom stereocenters. The van der Waals surface area contributed by atoms with Gasteiger partial charge in [0.1, 0.15) is 11.5 Å². The highest BCUT2D eigenvalue weighted by Crippen LogP contribution is 2.26. The van der Waals surface area contributed by atoms with E-state index in [0.717, 1.165) is 41.3 Å². The lowest BCUT2D eigenvalue weighted by molar-refractivity contribution is -0.689. The molecule has 6 heteroatoms. The molecule has 0 radical (unpaired) electrons. The van der Waals surface area contributed by atoms with Crippen LogP contribution in [0.2, 0.25) is 0 Å². The minimum absolute atomic E-state index is 0.0584. The predicted molar refractivity (Wildman–Crippen MR) is 167 cm³/mol. The van der Waals surface area contributed by atoms with Crippen LogP contribution in [0, 0.1) is 6.92 Å². The van der Waals surface area contributed by atoms with Gasteiger partial charge in [0.05, 0.1) is 25.5 Å². The van der Waals surface area contributed by atoms with E-state index in [9.17, 15) is 4.79 Å². The van der Waals surface area contributed by atoms with Crippen molar-refractivity contribution in [3.63, 3.8) is 0 Å². The highest BCUT2D eigenvalue weighted by Gasteiger charge is 2.13. The van der Waals surface area contributed by atoms with Crippen LogP contribution in [0.25, 0.3) is 0 Å². The Bertz CT molecular complexity index is 1140. The number of hydrogen-bond donors (Lipinski definition) is 1. The lowest BCUT2D eigenvalue weighted by Gasteiger charge is -2.13. The highest BCUT2D eigenvalue weighted by atomic mass is 32.1. The Morgan fingerprint density at radius 2 is 1.60 bits per heavy atom. The third-order valence-corrected chi connectivity index (χ3v) is 8.16. The number of aromatic nitrogens is 1. The fraction of sp³-hybridized carbons (Fsp3) is 0.529. The van der Waals surface area contributed by atoms with E-state index in [0.29, 0.717) is 6.61 Å². The Morgan fingerprint density at radius 1 is 0.900 bits per heavy atom. The number of aryl methyl sites for hydroxylation is 1. The minimum Gasteiger partial charge on any atom is -0.497 e. The zero-order valence-corrected chi connectivity index (χ0v) is 25.7. The van der Waals surface area contributed by atoms with Crippen molar-refractivity contribution in [2.45, 2.75) is 104 Å². The first-order valence-corrected chi connectivity index (χ1v) is 16.1. The number of ether oxygens (including phenoxy) is 2. The molecule has 0 fully saturated rings. The number of thiazole rings is 1. The molecule has 5 nitrogen and oxygen atoms in total. The van der Waals surface area contributed by atoms with E-state index < -0.39 is 0 Å². The van der Waals surface area contributed by atoms with Crippen molar-refractivity contribution in [1.29, 1.82) is 0 Å². The third-order valence-electron chi connectivity index (χ3n) is 7.33. The number of carbonyl (C=O) groups excluding carboxylic acids is 1. The summed E-state index contributed by atoms with van der Waals surface area (Å²) in [4.78, 5) is 13.0. The van der Waals surface area contributed by atoms with Crippen molar-refractivity contribution in [2.24, 2.45) is 0 Å². The van der Waals surface area contributed by atoms with Crippen LogP contribution >= 0.6 is 11.3 Å². The van der Waals surface area contributed by atoms with Crippen LogP contribution in [0.15, 0.2) is 54.0 Å². The zero-order valence-electron chi connectivity index (χ0n) is 24.9. The van der Waals surface area contributed by atoms with E-state index in [4.69, 9.17) is 9.47 Å². The number of carbonyl (C=O) groups is 1. The van der Waals surface area contributed by atoms with Gasteiger partial charge in [0.2, 0.25) is 10.9 Å². The Hall–Kier alpha value is -2.86. The van der Waals surface area contributed by atoms with Crippen LogP contribution in [-0.4, -0.2) is 19.6 Å². The molecular weight excluding hydrogens is 516 g/mol. The molecule has 2 aromatic carbocycles. The van der Waals surface area contributed by atoms with Gasteiger partial charge in [-0.1, -0.05) is 107 Å². The third kappa shape index (κ3) is 11.7. The van der Waals surface area contributed by atoms with Crippen LogP contribution in [-0.2, 0) is 17.8 Å². The van der Waals surface area contributed by atoms with Crippen LogP contribution in [0.5, 0.6) is 11.5 Å². The lowest BCUT2D eigenvalue weighted by Crippen LogP contribution is -2.34. The topological polar surface area (TPSA) is 51.4 Å². The number of unbranched alkanes of at least 4 members (excludes halogenated alkanes) is 11. The maximum atomic E-state index is 13.0. The summed E-state index contributed by atoms with van der Waals surface area (Å²) in [6.45, 7) is 5.83. The maximum absolute atomic E-state index is 13.0. The molecule has 0 spiro atoms. The summed E-state index contributed by atoms with van der Waals surface area (Å²) in [5, 5.41) is 6.41. The standard InChI is InChI=1S/C34H48N2O3S/c1-4-5-6-7-8-9-10-11-12-13-14-15-22-39-33-26-32(38-3)20-19-30(33)25-34(37)35-31-18-16-17-29(24-31)27-36-21-23-40-28(36)2/h16-21,23-24,26H,4-15,22,25,27H2,1-3H3/p+1. The van der Waals surface area contributed by atoms with E-state index in [1.54, 1.807) is 18.4 Å². The van der Waals surface area contributed by atoms with Crippen molar-refractivity contribution >= 4 is 22.9 Å². The molecule has 0 aliphatic rings. The monoisotopic (exact) mass is 565 g/mol. The summed E-state index contributed by atoms with van der Waals surface area (Å²) in [5.41, 5.74) is 2.83. The second-order valence-corrected chi connectivity index (χ2v) is 11.8. The average Bonchev–Trinajstić information content (AvgIpc) is 3.36. The number of nitrogens with zero attached hydrogens (tertiary/aromatic N) is 1. The molecule has 1 amide bonds. The molecule has 0 unspecified atom stereocenters. The van der Waals surface area contributed by atoms with Crippen molar-refractivity contribution in [3.8, 4) is 11.5 Å². The number of amides is 1. The van der Waals surface area contributed by atoms with Gasteiger partial charge in [-0.15, -0.1) is 0 Å². The molecule has 3 aromatic rings. The molecule has 0 saturated carbocycles. The van der Waals surface area contributed by atoms with E-state index in [1.165, 1.54) is 75.6 Å². The number of rotatable bonds is 20. The van der Waals surface area contributed by atoms with E-state index in [2.05, 4.69) is 41.4 Å². The summed E-state index contributed by atoms with van der Waals surface area (Å²) < 4.78 is 13.8. The molecule has 0 bridgehead atoms. The van der Waals surface area contributed by atoms with E-state index >= 15 is 0 Å². The second kappa shape index (κ2) is 18.5.